The lowest BCUT2D eigenvalue weighted by Crippen LogP contribution is -2.44. The topological polar surface area (TPSA) is 87.7 Å². The molecular weight excluding hydrogens is 398 g/mol. The Kier molecular flexibility index (Phi) is 4.93. The van der Waals surface area contributed by atoms with Crippen molar-refractivity contribution in [1.29, 1.82) is 0 Å². The van der Waals surface area contributed by atoms with Gasteiger partial charge in [0.25, 0.3) is 5.91 Å². The van der Waals surface area contributed by atoms with E-state index in [1.807, 2.05) is 6.07 Å². The van der Waals surface area contributed by atoms with E-state index in [0.717, 1.165) is 26.4 Å². The number of carbonyl (C=O) groups excluding carboxylic acids is 3. The highest BCUT2D eigenvalue weighted by atomic mass is 79.9. The molecule has 0 radical (unpaired) electrons. The standard InChI is InChI=1S/C15H18BrN3O4S/c1-15(10-4-5-11(16)24-10)13(21)19(14(22)18-15)8-12(20)17-7-9-3-2-6-23-9/h4-5,9H,2-3,6-8H2,1H3,(H,17,20)(H,18,22). The van der Waals surface area contributed by atoms with Crippen LogP contribution in [0.25, 0.3) is 0 Å². The van der Waals surface area contributed by atoms with Crippen LogP contribution in [0.2, 0.25) is 0 Å². The van der Waals surface area contributed by atoms with Crippen LogP contribution in [0, 0.1) is 0 Å². The molecule has 7 nitrogen and oxygen atoms in total. The van der Waals surface area contributed by atoms with Crippen molar-refractivity contribution in [3.05, 3.63) is 20.8 Å². The van der Waals surface area contributed by atoms with Crippen LogP contribution in [-0.2, 0) is 19.9 Å². The van der Waals surface area contributed by atoms with Gasteiger partial charge in [0.1, 0.15) is 6.54 Å². The third-order valence-electron chi connectivity index (χ3n) is 4.19. The molecule has 0 bridgehead atoms. The van der Waals surface area contributed by atoms with E-state index in [1.54, 1.807) is 13.0 Å². The number of thiophene rings is 1. The number of imide groups is 1. The van der Waals surface area contributed by atoms with E-state index in [9.17, 15) is 14.4 Å². The number of carbonyl (C=O) groups is 3. The fourth-order valence-corrected chi connectivity index (χ4v) is 4.30. The predicted molar refractivity (Wildman–Crippen MR) is 91.6 cm³/mol. The van der Waals surface area contributed by atoms with Gasteiger partial charge in [0.05, 0.1) is 9.89 Å². The molecule has 2 aliphatic heterocycles. The molecule has 4 amide bonds. The van der Waals surface area contributed by atoms with Gasteiger partial charge in [-0.25, -0.2) is 4.79 Å². The average molecular weight is 416 g/mol. The zero-order valence-corrected chi connectivity index (χ0v) is 15.5. The maximum atomic E-state index is 12.7. The lowest BCUT2D eigenvalue weighted by Gasteiger charge is -2.20. The lowest BCUT2D eigenvalue weighted by molar-refractivity contribution is -0.134. The van der Waals surface area contributed by atoms with E-state index in [-0.39, 0.29) is 18.6 Å². The molecule has 2 N–H and O–H groups in total. The zero-order valence-electron chi connectivity index (χ0n) is 13.1. The third kappa shape index (κ3) is 3.33. The SMILES string of the molecule is CC1(c2ccc(Br)s2)NC(=O)N(CC(=O)NCC2CCCO2)C1=O. The molecule has 0 aromatic carbocycles. The van der Waals surface area contributed by atoms with E-state index in [2.05, 4.69) is 26.6 Å². The van der Waals surface area contributed by atoms with Gasteiger partial charge < -0.3 is 15.4 Å². The Labute approximate surface area is 151 Å². The van der Waals surface area contributed by atoms with Gasteiger partial charge in [-0.3, -0.25) is 14.5 Å². The number of rotatable bonds is 5. The van der Waals surface area contributed by atoms with Crippen molar-refractivity contribution >= 4 is 45.1 Å². The molecule has 1 aromatic heterocycles. The Balaban J connectivity index is 1.62. The summed E-state index contributed by atoms with van der Waals surface area (Å²) >= 11 is 4.73. The fourth-order valence-electron chi connectivity index (χ4n) is 2.82. The first-order valence-electron chi connectivity index (χ1n) is 7.68. The van der Waals surface area contributed by atoms with E-state index < -0.39 is 17.5 Å². The highest BCUT2D eigenvalue weighted by Crippen LogP contribution is 2.35. The van der Waals surface area contributed by atoms with Crippen LogP contribution in [0.4, 0.5) is 4.79 Å². The second-order valence-electron chi connectivity index (χ2n) is 5.99. The van der Waals surface area contributed by atoms with Crippen LogP contribution >= 0.6 is 27.3 Å². The normalized spacial score (nSPS) is 26.8. The van der Waals surface area contributed by atoms with Crippen molar-refractivity contribution in [3.63, 3.8) is 0 Å². The summed E-state index contributed by atoms with van der Waals surface area (Å²) in [5, 5.41) is 5.41. The van der Waals surface area contributed by atoms with Gasteiger partial charge in [-0.05, 0) is 47.8 Å². The van der Waals surface area contributed by atoms with Crippen molar-refractivity contribution in [3.8, 4) is 0 Å². The van der Waals surface area contributed by atoms with E-state index in [1.165, 1.54) is 11.3 Å². The Hall–Kier alpha value is -1.45. The maximum absolute atomic E-state index is 12.7. The highest BCUT2D eigenvalue weighted by Gasteiger charge is 2.50. The first-order valence-corrected chi connectivity index (χ1v) is 9.29. The number of halogens is 1. The lowest BCUT2D eigenvalue weighted by atomic mass is 10.0. The monoisotopic (exact) mass is 415 g/mol. The number of urea groups is 1. The van der Waals surface area contributed by atoms with Crippen molar-refractivity contribution in [2.45, 2.75) is 31.4 Å². The smallest absolute Gasteiger partial charge is 0.325 e. The number of nitrogens with one attached hydrogen (secondary N) is 2. The second-order valence-corrected chi connectivity index (χ2v) is 8.45. The molecule has 9 heteroatoms. The van der Waals surface area contributed by atoms with Crippen molar-refractivity contribution < 1.29 is 19.1 Å². The van der Waals surface area contributed by atoms with Gasteiger partial charge in [-0.15, -0.1) is 11.3 Å². The van der Waals surface area contributed by atoms with Gasteiger partial charge in [0, 0.05) is 18.0 Å². The Morgan fingerprint density at radius 3 is 2.96 bits per heavy atom. The summed E-state index contributed by atoms with van der Waals surface area (Å²) in [6, 6.07) is 3.05. The molecule has 3 rings (SSSR count). The molecule has 2 unspecified atom stereocenters. The summed E-state index contributed by atoms with van der Waals surface area (Å²) in [5.74, 6) is -0.792. The van der Waals surface area contributed by atoms with Crippen LogP contribution in [0.15, 0.2) is 15.9 Å². The first-order chi connectivity index (χ1) is 11.4. The van der Waals surface area contributed by atoms with E-state index in [4.69, 9.17) is 4.74 Å². The molecule has 1 aromatic rings. The van der Waals surface area contributed by atoms with Gasteiger partial charge in [0.15, 0.2) is 5.54 Å². The first kappa shape index (κ1) is 17.4. The van der Waals surface area contributed by atoms with Crippen molar-refractivity contribution in [2.24, 2.45) is 0 Å². The summed E-state index contributed by atoms with van der Waals surface area (Å²) in [4.78, 5) is 38.6. The highest BCUT2D eigenvalue weighted by molar-refractivity contribution is 9.11. The summed E-state index contributed by atoms with van der Waals surface area (Å²) in [5.41, 5.74) is -1.14. The van der Waals surface area contributed by atoms with Crippen LogP contribution in [0.5, 0.6) is 0 Å². The molecule has 2 saturated heterocycles. The maximum Gasteiger partial charge on any atom is 0.325 e. The Morgan fingerprint density at radius 2 is 2.33 bits per heavy atom. The number of amides is 4. The average Bonchev–Trinajstić information content (AvgIpc) is 3.24. The third-order valence-corrected chi connectivity index (χ3v) is 6.04. The molecule has 0 saturated carbocycles. The van der Waals surface area contributed by atoms with Crippen LogP contribution in [0.3, 0.4) is 0 Å². The molecule has 2 fully saturated rings. The molecule has 2 atom stereocenters. The number of ether oxygens (including phenoxy) is 1. The number of nitrogens with zero attached hydrogens (tertiary/aromatic N) is 1. The minimum atomic E-state index is -1.14. The summed E-state index contributed by atoms with van der Waals surface area (Å²) < 4.78 is 6.30. The van der Waals surface area contributed by atoms with Crippen LogP contribution in [0.1, 0.15) is 24.6 Å². The zero-order chi connectivity index (χ0) is 17.3. The molecule has 0 aliphatic carbocycles. The second kappa shape index (κ2) is 6.81. The summed E-state index contributed by atoms with van der Waals surface area (Å²) in [6.45, 7) is 2.47. The van der Waals surface area contributed by atoms with Gasteiger partial charge in [0.2, 0.25) is 5.91 Å². The van der Waals surface area contributed by atoms with E-state index in [0.29, 0.717) is 13.2 Å². The largest absolute Gasteiger partial charge is 0.376 e. The van der Waals surface area contributed by atoms with Crippen molar-refractivity contribution in [1.82, 2.24) is 15.5 Å². The van der Waals surface area contributed by atoms with Crippen molar-refractivity contribution in [2.75, 3.05) is 19.7 Å². The predicted octanol–water partition coefficient (Wildman–Crippen LogP) is 1.57. The quantitative estimate of drug-likeness (QED) is 0.714. The molecule has 24 heavy (non-hydrogen) atoms. The molecule has 2 aliphatic rings. The molecule has 130 valence electrons. The fraction of sp³-hybridized carbons (Fsp3) is 0.533. The molecule has 3 heterocycles. The minimum absolute atomic E-state index is 0.0193. The van der Waals surface area contributed by atoms with Gasteiger partial charge in [-0.1, -0.05) is 0 Å². The van der Waals surface area contributed by atoms with Crippen LogP contribution < -0.4 is 10.6 Å². The molecular formula is C15H18BrN3O4S. The van der Waals surface area contributed by atoms with E-state index >= 15 is 0 Å². The Morgan fingerprint density at radius 1 is 1.54 bits per heavy atom. The van der Waals surface area contributed by atoms with Gasteiger partial charge >= 0.3 is 6.03 Å². The summed E-state index contributed by atoms with van der Waals surface area (Å²) in [6.07, 6.45) is 1.92. The minimum Gasteiger partial charge on any atom is -0.376 e. The van der Waals surface area contributed by atoms with Crippen LogP contribution in [-0.4, -0.2) is 48.5 Å². The molecule has 0 spiro atoms. The van der Waals surface area contributed by atoms with Gasteiger partial charge in [-0.2, -0.15) is 0 Å². The number of hydrogen-bond acceptors (Lipinski definition) is 5. The Bertz CT molecular complexity index is 673. The number of hydrogen-bond donors (Lipinski definition) is 2. The summed E-state index contributed by atoms with van der Waals surface area (Å²) in [7, 11) is 0.